The highest BCUT2D eigenvalue weighted by Gasteiger charge is 2.20. The number of aromatic nitrogens is 2. The summed E-state index contributed by atoms with van der Waals surface area (Å²) < 4.78 is 5.08. The fourth-order valence-corrected chi connectivity index (χ4v) is 2.17. The van der Waals surface area contributed by atoms with Crippen molar-refractivity contribution in [3.63, 3.8) is 0 Å². The largest absolute Gasteiger partial charge is 0.481 e. The molecule has 2 aromatic heterocycles. The van der Waals surface area contributed by atoms with Crippen LogP contribution in [0.4, 0.5) is 0 Å². The first-order valence-electron chi connectivity index (χ1n) is 6.68. The van der Waals surface area contributed by atoms with Crippen LogP contribution in [-0.4, -0.2) is 33.2 Å². The number of hydrogen-bond donors (Lipinski definition) is 2. The van der Waals surface area contributed by atoms with Gasteiger partial charge in [-0.25, -0.2) is 4.98 Å². The molecule has 0 fully saturated rings. The van der Waals surface area contributed by atoms with Gasteiger partial charge in [-0.05, 0) is 26.3 Å². The van der Waals surface area contributed by atoms with Crippen LogP contribution in [0, 0.1) is 13.8 Å². The lowest BCUT2D eigenvalue weighted by molar-refractivity contribution is -0.137. The van der Waals surface area contributed by atoms with E-state index >= 15 is 0 Å². The van der Waals surface area contributed by atoms with Crippen LogP contribution in [0.5, 0.6) is 0 Å². The van der Waals surface area contributed by atoms with Gasteiger partial charge in [0.15, 0.2) is 0 Å². The van der Waals surface area contributed by atoms with Crippen molar-refractivity contribution in [2.75, 3.05) is 0 Å². The number of nitrogens with one attached hydrogen (secondary N) is 1. The Morgan fingerprint density at radius 2 is 2.14 bits per heavy atom. The third-order valence-corrected chi connectivity index (χ3v) is 3.24. The molecule has 112 valence electrons. The summed E-state index contributed by atoms with van der Waals surface area (Å²) in [5.41, 5.74) is 1.92. The van der Waals surface area contributed by atoms with Gasteiger partial charge in [-0.1, -0.05) is 12.1 Å². The van der Waals surface area contributed by atoms with Crippen LogP contribution in [0.1, 0.15) is 41.5 Å². The first kappa shape index (κ1) is 15.0. The third kappa shape index (κ3) is 3.18. The van der Waals surface area contributed by atoms with Crippen molar-refractivity contribution in [3.05, 3.63) is 23.0 Å². The van der Waals surface area contributed by atoms with E-state index in [1.165, 1.54) is 0 Å². The van der Waals surface area contributed by atoms with Crippen LogP contribution in [0.25, 0.3) is 11.1 Å². The molecule has 0 aliphatic heterocycles. The summed E-state index contributed by atoms with van der Waals surface area (Å²) in [6, 6.07) is 1.23. The summed E-state index contributed by atoms with van der Waals surface area (Å²) in [5, 5.41) is 15.9. The fourth-order valence-electron chi connectivity index (χ4n) is 2.17. The zero-order valence-corrected chi connectivity index (χ0v) is 12.1. The lowest BCUT2D eigenvalue weighted by Gasteiger charge is -2.15. The molecule has 2 N–H and O–H groups in total. The van der Waals surface area contributed by atoms with Crippen LogP contribution in [-0.2, 0) is 4.79 Å². The van der Waals surface area contributed by atoms with Gasteiger partial charge in [-0.2, -0.15) is 0 Å². The lowest BCUT2D eigenvalue weighted by atomic mass is 10.1. The summed E-state index contributed by atoms with van der Waals surface area (Å²) >= 11 is 0. The van der Waals surface area contributed by atoms with Gasteiger partial charge in [0.25, 0.3) is 11.6 Å². The smallest absolute Gasteiger partial charge is 0.305 e. The van der Waals surface area contributed by atoms with Crippen molar-refractivity contribution < 1.29 is 19.2 Å². The molecule has 0 radical (unpaired) electrons. The van der Waals surface area contributed by atoms with E-state index in [1.807, 2.05) is 6.92 Å². The second kappa shape index (κ2) is 5.90. The Balaban J connectivity index is 2.34. The van der Waals surface area contributed by atoms with Gasteiger partial charge in [0.2, 0.25) is 0 Å². The number of carboxylic acid groups (broad SMARTS) is 1. The van der Waals surface area contributed by atoms with Crippen molar-refractivity contribution in [2.45, 2.75) is 39.7 Å². The van der Waals surface area contributed by atoms with Crippen LogP contribution < -0.4 is 5.32 Å². The standard InChI is InChI=1S/C14H17N3O4/c1-4-9(6-11(18)19)16-13(20)10-5-7(2)15-14-12(10)8(3)17-21-14/h5,9H,4,6H2,1-3H3,(H,16,20)(H,18,19). The number of rotatable bonds is 5. The summed E-state index contributed by atoms with van der Waals surface area (Å²) in [6.45, 7) is 5.31. The summed E-state index contributed by atoms with van der Waals surface area (Å²) in [4.78, 5) is 27.4. The van der Waals surface area contributed by atoms with Gasteiger partial charge in [-0.15, -0.1) is 0 Å². The minimum absolute atomic E-state index is 0.113. The van der Waals surface area contributed by atoms with Gasteiger partial charge in [0, 0.05) is 11.7 Å². The van der Waals surface area contributed by atoms with Crippen LogP contribution >= 0.6 is 0 Å². The second-order valence-corrected chi connectivity index (χ2v) is 4.94. The van der Waals surface area contributed by atoms with Crippen molar-refractivity contribution >= 4 is 23.0 Å². The number of carbonyl (C=O) groups excluding carboxylic acids is 1. The first-order valence-corrected chi connectivity index (χ1v) is 6.68. The highest BCUT2D eigenvalue weighted by atomic mass is 16.5. The molecular formula is C14H17N3O4. The highest BCUT2D eigenvalue weighted by molar-refractivity contribution is 6.06. The van der Waals surface area contributed by atoms with Gasteiger partial charge >= 0.3 is 5.97 Å². The third-order valence-electron chi connectivity index (χ3n) is 3.24. The summed E-state index contributed by atoms with van der Waals surface area (Å²) in [5.74, 6) is -1.29. The molecule has 0 bridgehead atoms. The molecule has 0 aromatic carbocycles. The number of carboxylic acids is 1. The van der Waals surface area contributed by atoms with Crippen LogP contribution in [0.15, 0.2) is 10.6 Å². The first-order chi connectivity index (χ1) is 9.92. The Morgan fingerprint density at radius 1 is 1.43 bits per heavy atom. The molecule has 0 saturated heterocycles. The van der Waals surface area contributed by atoms with E-state index in [9.17, 15) is 9.59 Å². The molecule has 0 saturated carbocycles. The Morgan fingerprint density at radius 3 is 2.76 bits per heavy atom. The van der Waals surface area contributed by atoms with Crippen LogP contribution in [0.3, 0.4) is 0 Å². The molecule has 7 heteroatoms. The Hall–Kier alpha value is -2.44. The highest BCUT2D eigenvalue weighted by Crippen LogP contribution is 2.22. The lowest BCUT2D eigenvalue weighted by Crippen LogP contribution is -2.36. The summed E-state index contributed by atoms with van der Waals surface area (Å²) in [7, 11) is 0. The number of amides is 1. The number of hydrogen-bond acceptors (Lipinski definition) is 5. The number of pyridine rings is 1. The molecule has 0 aliphatic rings. The van der Waals surface area contributed by atoms with E-state index in [0.717, 1.165) is 0 Å². The predicted molar refractivity (Wildman–Crippen MR) is 75.1 cm³/mol. The average molecular weight is 291 g/mol. The number of fused-ring (bicyclic) bond motifs is 1. The van der Waals surface area contributed by atoms with Crippen molar-refractivity contribution in [1.29, 1.82) is 0 Å². The molecule has 1 amide bonds. The topological polar surface area (TPSA) is 105 Å². The molecule has 0 spiro atoms. The van der Waals surface area contributed by atoms with Gasteiger partial charge in [0.1, 0.15) is 0 Å². The average Bonchev–Trinajstić information content (AvgIpc) is 2.77. The van der Waals surface area contributed by atoms with E-state index in [4.69, 9.17) is 9.63 Å². The maximum atomic E-state index is 12.4. The molecule has 0 aliphatic carbocycles. The van der Waals surface area contributed by atoms with Crippen molar-refractivity contribution in [2.24, 2.45) is 0 Å². The van der Waals surface area contributed by atoms with Crippen molar-refractivity contribution in [3.8, 4) is 0 Å². The quantitative estimate of drug-likeness (QED) is 0.870. The van der Waals surface area contributed by atoms with Crippen LogP contribution in [0.2, 0.25) is 0 Å². The number of nitrogens with zero attached hydrogens (tertiary/aromatic N) is 2. The Labute approximate surface area is 121 Å². The maximum absolute atomic E-state index is 12.4. The molecule has 2 heterocycles. The molecule has 21 heavy (non-hydrogen) atoms. The molecule has 2 rings (SSSR count). The van der Waals surface area contributed by atoms with Gasteiger partial charge in [-0.3, -0.25) is 9.59 Å². The SMILES string of the molecule is CCC(CC(=O)O)NC(=O)c1cc(C)nc2onc(C)c12. The van der Waals surface area contributed by atoms with Gasteiger partial charge < -0.3 is 14.9 Å². The Kier molecular flexibility index (Phi) is 4.21. The van der Waals surface area contributed by atoms with E-state index in [2.05, 4.69) is 15.5 Å². The fraction of sp³-hybridized carbons (Fsp3) is 0.429. The maximum Gasteiger partial charge on any atom is 0.305 e. The molecule has 2 aromatic rings. The minimum atomic E-state index is -0.945. The van der Waals surface area contributed by atoms with Crippen molar-refractivity contribution in [1.82, 2.24) is 15.5 Å². The van der Waals surface area contributed by atoms with E-state index in [-0.39, 0.29) is 12.3 Å². The predicted octanol–water partition coefficient (Wildman–Crippen LogP) is 1.82. The Bertz CT molecular complexity index is 693. The number of carbonyl (C=O) groups is 2. The normalized spacial score (nSPS) is 12.3. The molecular weight excluding hydrogens is 274 g/mol. The minimum Gasteiger partial charge on any atom is -0.481 e. The number of aliphatic carboxylic acids is 1. The monoisotopic (exact) mass is 291 g/mol. The van der Waals surface area contributed by atoms with Gasteiger partial charge in [0.05, 0.1) is 23.1 Å². The molecule has 1 atom stereocenters. The molecule has 7 nitrogen and oxygen atoms in total. The number of aryl methyl sites for hydroxylation is 2. The zero-order valence-electron chi connectivity index (χ0n) is 12.1. The van der Waals surface area contributed by atoms with E-state index in [1.54, 1.807) is 19.9 Å². The zero-order chi connectivity index (χ0) is 15.6. The second-order valence-electron chi connectivity index (χ2n) is 4.94. The van der Waals surface area contributed by atoms with E-state index in [0.29, 0.717) is 34.5 Å². The summed E-state index contributed by atoms with van der Waals surface area (Å²) in [6.07, 6.45) is 0.423. The molecule has 1 unspecified atom stereocenters. The van der Waals surface area contributed by atoms with E-state index < -0.39 is 12.0 Å².